The first kappa shape index (κ1) is 69.2. The highest BCUT2D eigenvalue weighted by Gasteiger charge is 2.27. The molecule has 416 valence electrons. The lowest BCUT2D eigenvalue weighted by atomic mass is 10.0. The Morgan fingerprint density at radius 2 is 0.792 bits per heavy atom. The van der Waals surface area contributed by atoms with Gasteiger partial charge >= 0.3 is 19.8 Å². The van der Waals surface area contributed by atoms with Gasteiger partial charge in [-0.05, 0) is 64.2 Å². The van der Waals surface area contributed by atoms with E-state index in [2.05, 4.69) is 98.9 Å². The number of esters is 2. The molecule has 0 bridgehead atoms. The van der Waals surface area contributed by atoms with Crippen LogP contribution in [0.15, 0.2) is 85.1 Å². The molecule has 0 saturated heterocycles. The Labute approximate surface area is 443 Å². The monoisotopic (exact) mass is 1030 g/mol. The predicted octanol–water partition coefficient (Wildman–Crippen LogP) is 18.3. The Balaban J connectivity index is 4.24. The highest BCUT2D eigenvalue weighted by molar-refractivity contribution is 7.47. The molecule has 0 amide bonds. The van der Waals surface area contributed by atoms with Crippen LogP contribution in [0, 0.1) is 0 Å². The van der Waals surface area contributed by atoms with Crippen LogP contribution >= 0.6 is 7.82 Å². The van der Waals surface area contributed by atoms with E-state index >= 15 is 0 Å². The Bertz CT molecular complexity index is 1490. The van der Waals surface area contributed by atoms with Gasteiger partial charge in [-0.3, -0.25) is 18.6 Å². The van der Waals surface area contributed by atoms with Crippen molar-refractivity contribution in [3.8, 4) is 0 Å². The fourth-order valence-corrected chi connectivity index (χ4v) is 8.69. The molecule has 0 heterocycles. The van der Waals surface area contributed by atoms with Gasteiger partial charge in [-0.2, -0.15) is 0 Å². The van der Waals surface area contributed by atoms with Crippen LogP contribution in [0.2, 0.25) is 0 Å². The minimum Gasteiger partial charge on any atom is -0.462 e. The van der Waals surface area contributed by atoms with E-state index in [0.717, 1.165) is 64.2 Å². The number of quaternary nitrogens is 1. The molecule has 0 radical (unpaired) electrons. The van der Waals surface area contributed by atoms with Crippen molar-refractivity contribution in [2.24, 2.45) is 0 Å². The summed E-state index contributed by atoms with van der Waals surface area (Å²) < 4.78 is 34.5. The Morgan fingerprint density at radius 1 is 0.444 bits per heavy atom. The number of unbranched alkanes of at least 4 members (excludes halogenated alkanes) is 25. The lowest BCUT2D eigenvalue weighted by Crippen LogP contribution is -2.37. The molecule has 10 heteroatoms. The van der Waals surface area contributed by atoms with Gasteiger partial charge in [0.25, 0.3) is 0 Å². The van der Waals surface area contributed by atoms with Crippen molar-refractivity contribution in [2.45, 2.75) is 251 Å². The van der Waals surface area contributed by atoms with Crippen LogP contribution in [-0.4, -0.2) is 74.9 Å². The fourth-order valence-electron chi connectivity index (χ4n) is 7.95. The summed E-state index contributed by atoms with van der Waals surface area (Å²) in [6.07, 6.45) is 71.0. The molecule has 0 rings (SSSR count). The number of carbonyl (C=O) groups excluding carboxylic acids is 2. The largest absolute Gasteiger partial charge is 0.472 e. The van der Waals surface area contributed by atoms with Crippen molar-refractivity contribution in [2.75, 3.05) is 47.5 Å². The molecule has 72 heavy (non-hydrogen) atoms. The summed E-state index contributed by atoms with van der Waals surface area (Å²) in [6.45, 7) is 4.27. The second-order valence-electron chi connectivity index (χ2n) is 20.7. The molecule has 0 fully saturated rings. The second kappa shape index (κ2) is 53.0. The molecular formula is C62H111NO8P+. The number of allylic oxidation sites excluding steroid dienone is 14. The maximum absolute atomic E-state index is 12.8. The van der Waals surface area contributed by atoms with Crippen molar-refractivity contribution in [1.82, 2.24) is 0 Å². The summed E-state index contributed by atoms with van der Waals surface area (Å²) in [7, 11) is 1.44. The van der Waals surface area contributed by atoms with E-state index in [1.807, 2.05) is 21.1 Å². The number of hydrogen-bond acceptors (Lipinski definition) is 7. The lowest BCUT2D eigenvalue weighted by molar-refractivity contribution is -0.870. The van der Waals surface area contributed by atoms with Crippen LogP contribution in [-0.2, 0) is 32.7 Å². The molecule has 1 N–H and O–H groups in total. The van der Waals surface area contributed by atoms with E-state index in [-0.39, 0.29) is 32.0 Å². The highest BCUT2D eigenvalue weighted by atomic mass is 31.2. The van der Waals surface area contributed by atoms with Gasteiger partial charge in [0, 0.05) is 12.8 Å². The third kappa shape index (κ3) is 56.5. The van der Waals surface area contributed by atoms with E-state index < -0.39 is 26.5 Å². The second-order valence-corrected chi connectivity index (χ2v) is 22.1. The summed E-state index contributed by atoms with van der Waals surface area (Å²) in [5.74, 6) is -0.863. The Morgan fingerprint density at radius 3 is 1.17 bits per heavy atom. The minimum atomic E-state index is -4.41. The van der Waals surface area contributed by atoms with Crippen molar-refractivity contribution in [1.29, 1.82) is 0 Å². The number of likely N-dealkylation sites (N-methyl/N-ethyl adjacent to an activating group) is 1. The van der Waals surface area contributed by atoms with E-state index in [1.165, 1.54) is 141 Å². The number of carbonyl (C=O) groups is 2. The Hall–Kier alpha value is -2.81. The first-order valence-corrected chi connectivity index (χ1v) is 30.8. The highest BCUT2D eigenvalue weighted by Crippen LogP contribution is 2.43. The molecule has 0 aliphatic heterocycles. The first-order chi connectivity index (χ1) is 35.0. The van der Waals surface area contributed by atoms with Crippen LogP contribution < -0.4 is 0 Å². The summed E-state index contributed by atoms with van der Waals surface area (Å²) in [5.41, 5.74) is 0. The lowest BCUT2D eigenvalue weighted by Gasteiger charge is -2.24. The third-order valence-corrected chi connectivity index (χ3v) is 13.4. The average molecular weight is 1030 g/mol. The number of rotatable bonds is 53. The fraction of sp³-hybridized carbons (Fsp3) is 0.742. The van der Waals surface area contributed by atoms with Crippen LogP contribution in [0.1, 0.15) is 245 Å². The van der Waals surface area contributed by atoms with Gasteiger partial charge in [-0.1, -0.05) is 253 Å². The van der Waals surface area contributed by atoms with Gasteiger partial charge in [0.2, 0.25) is 0 Å². The van der Waals surface area contributed by atoms with Gasteiger partial charge < -0.3 is 18.9 Å². The van der Waals surface area contributed by atoms with E-state index in [1.54, 1.807) is 0 Å². The summed E-state index contributed by atoms with van der Waals surface area (Å²) in [6, 6.07) is 0. The van der Waals surface area contributed by atoms with Crippen molar-refractivity contribution < 1.29 is 42.1 Å². The van der Waals surface area contributed by atoms with Crippen molar-refractivity contribution >= 4 is 19.8 Å². The number of ether oxygens (including phenoxy) is 2. The summed E-state index contributed by atoms with van der Waals surface area (Å²) in [4.78, 5) is 35.7. The quantitative estimate of drug-likeness (QED) is 0.0211. The Kier molecular flexibility index (Phi) is 51.0. The number of hydrogen-bond donors (Lipinski definition) is 1. The standard InChI is InChI=1S/C62H110NO8P/c1-6-8-10-12-14-16-18-20-22-24-26-28-30-31-33-34-36-38-40-42-44-46-48-50-52-54-61(64)68-58-60(59-70-72(66,67)69-57-56-63(3,4)5)71-62(65)55-53-51-49-47-45-43-41-39-37-35-32-29-27-25-23-21-19-17-15-13-11-9-7-2/h9,11,15,17,21,23,27,29,35,37,41,43,47,49,60H,6-8,10,12-14,16,18-20,22,24-26,28,30-34,36,38-40,42,44-46,48,50-59H2,1-5H3/p+1/b11-9-,17-15-,23-21-,29-27-,37-35-,43-41-,49-47-. The van der Waals surface area contributed by atoms with Crippen LogP contribution in [0.25, 0.3) is 0 Å². The van der Waals surface area contributed by atoms with Gasteiger partial charge in [0.05, 0.1) is 27.7 Å². The zero-order valence-corrected chi connectivity index (χ0v) is 48.0. The van der Waals surface area contributed by atoms with E-state index in [4.69, 9.17) is 18.5 Å². The normalized spacial score (nSPS) is 13.9. The van der Waals surface area contributed by atoms with E-state index in [9.17, 15) is 19.0 Å². The maximum Gasteiger partial charge on any atom is 0.472 e. The molecule has 0 aliphatic carbocycles. The molecule has 2 atom stereocenters. The molecule has 9 nitrogen and oxygen atoms in total. The van der Waals surface area contributed by atoms with Gasteiger partial charge in [-0.25, -0.2) is 4.57 Å². The zero-order valence-electron chi connectivity index (χ0n) is 47.1. The molecule has 0 aromatic heterocycles. The summed E-state index contributed by atoms with van der Waals surface area (Å²) in [5, 5.41) is 0. The summed E-state index contributed by atoms with van der Waals surface area (Å²) >= 11 is 0. The van der Waals surface area contributed by atoms with Gasteiger partial charge in [-0.15, -0.1) is 0 Å². The minimum absolute atomic E-state index is 0.0178. The van der Waals surface area contributed by atoms with Crippen molar-refractivity contribution in [3.63, 3.8) is 0 Å². The van der Waals surface area contributed by atoms with Crippen LogP contribution in [0.5, 0.6) is 0 Å². The zero-order chi connectivity index (χ0) is 52.7. The molecule has 0 saturated carbocycles. The van der Waals surface area contributed by atoms with E-state index in [0.29, 0.717) is 23.9 Å². The number of nitrogens with zero attached hydrogens (tertiary/aromatic N) is 1. The molecular weight excluding hydrogens is 918 g/mol. The van der Waals surface area contributed by atoms with Crippen LogP contribution in [0.3, 0.4) is 0 Å². The number of phosphoric ester groups is 1. The van der Waals surface area contributed by atoms with Gasteiger partial charge in [0.1, 0.15) is 19.8 Å². The van der Waals surface area contributed by atoms with Crippen molar-refractivity contribution in [3.05, 3.63) is 85.1 Å². The molecule has 0 spiro atoms. The molecule has 0 aromatic rings. The average Bonchev–Trinajstić information content (AvgIpc) is 3.34. The SMILES string of the molecule is CC/C=C\C/C=C\C/C=C\C/C=C\C/C=C\C/C=C\C/C=C\CCCC(=O)OC(COC(=O)CCCCCCCCCCCCCCCCCCCCCCCCCCC)COP(=O)(O)OCC[N+](C)(C)C. The van der Waals surface area contributed by atoms with Gasteiger partial charge in [0.15, 0.2) is 6.10 Å². The topological polar surface area (TPSA) is 108 Å². The predicted molar refractivity (Wildman–Crippen MR) is 307 cm³/mol. The third-order valence-electron chi connectivity index (χ3n) is 12.4. The molecule has 0 aromatic carbocycles. The maximum atomic E-state index is 12.8. The molecule has 0 aliphatic rings. The van der Waals surface area contributed by atoms with Crippen LogP contribution in [0.4, 0.5) is 0 Å². The smallest absolute Gasteiger partial charge is 0.462 e. The number of phosphoric acid groups is 1. The first-order valence-electron chi connectivity index (χ1n) is 29.3. The molecule has 2 unspecified atom stereocenters.